The van der Waals surface area contributed by atoms with Crippen molar-refractivity contribution < 1.29 is 19.0 Å². The maximum absolute atomic E-state index is 14.2. The smallest absolute Gasteiger partial charge is 0.262 e. The van der Waals surface area contributed by atoms with Crippen molar-refractivity contribution in [2.24, 2.45) is 0 Å². The molecule has 2 aliphatic rings. The van der Waals surface area contributed by atoms with Crippen LogP contribution < -0.4 is 15.0 Å². The maximum atomic E-state index is 14.2. The quantitative estimate of drug-likeness (QED) is 0.655. The van der Waals surface area contributed by atoms with Crippen LogP contribution in [0.25, 0.3) is 10.9 Å². The minimum absolute atomic E-state index is 0.00937. The molecule has 2 N–H and O–H groups in total. The van der Waals surface area contributed by atoms with Gasteiger partial charge in [-0.2, -0.15) is 0 Å². The van der Waals surface area contributed by atoms with E-state index >= 15 is 0 Å². The topological polar surface area (TPSA) is 77.9 Å². The first-order chi connectivity index (χ1) is 15.5. The number of pyridine rings is 1. The zero-order valence-corrected chi connectivity index (χ0v) is 17.8. The van der Waals surface area contributed by atoms with E-state index in [2.05, 4.69) is 20.1 Å². The van der Waals surface area contributed by atoms with E-state index in [1.165, 1.54) is 6.07 Å². The van der Waals surface area contributed by atoms with Gasteiger partial charge in [-0.3, -0.25) is 14.7 Å². The SMILES string of the molecule is Cc1ccc2c(N3CCN(CC(O)c4ccc5c(c4)NC(=O)CO5)CC3)cc(F)cc2n1. The van der Waals surface area contributed by atoms with E-state index in [0.29, 0.717) is 23.5 Å². The molecular formula is C24H25FN4O3. The summed E-state index contributed by atoms with van der Waals surface area (Å²) in [6, 6.07) is 12.4. The van der Waals surface area contributed by atoms with Crippen LogP contribution >= 0.6 is 0 Å². The van der Waals surface area contributed by atoms with Gasteiger partial charge in [0.05, 0.1) is 17.3 Å². The zero-order valence-electron chi connectivity index (χ0n) is 17.8. The van der Waals surface area contributed by atoms with Crippen LogP contribution in [0.3, 0.4) is 0 Å². The number of anilines is 2. The molecule has 1 fully saturated rings. The van der Waals surface area contributed by atoms with Crippen LogP contribution in [-0.2, 0) is 4.79 Å². The standard InChI is InChI=1S/C24H25FN4O3/c1-15-2-4-18-19(26-15)11-17(25)12-21(18)29-8-6-28(7-9-29)13-22(30)16-3-5-23-20(10-16)27-24(31)14-32-23/h2-5,10-12,22,30H,6-9,13-14H2,1H3,(H,27,31). The number of aliphatic hydroxyl groups excluding tert-OH is 1. The fourth-order valence-corrected chi connectivity index (χ4v) is 4.38. The van der Waals surface area contributed by atoms with E-state index in [0.717, 1.165) is 48.5 Å². The molecule has 0 radical (unpaired) electrons. The number of halogens is 1. The van der Waals surface area contributed by atoms with Crippen LogP contribution in [0.15, 0.2) is 42.5 Å². The van der Waals surface area contributed by atoms with Gasteiger partial charge in [0.25, 0.3) is 5.91 Å². The molecule has 1 saturated heterocycles. The molecule has 1 unspecified atom stereocenters. The van der Waals surface area contributed by atoms with Gasteiger partial charge in [0.2, 0.25) is 0 Å². The Bertz CT molecular complexity index is 1170. The first kappa shape index (κ1) is 20.7. The molecule has 5 rings (SSSR count). The summed E-state index contributed by atoms with van der Waals surface area (Å²) in [7, 11) is 0. The van der Waals surface area contributed by atoms with Gasteiger partial charge in [0.1, 0.15) is 11.6 Å². The van der Waals surface area contributed by atoms with E-state index in [-0.39, 0.29) is 18.3 Å². The highest BCUT2D eigenvalue weighted by Gasteiger charge is 2.23. The number of amides is 1. The molecule has 32 heavy (non-hydrogen) atoms. The minimum Gasteiger partial charge on any atom is -0.482 e. The van der Waals surface area contributed by atoms with E-state index in [1.54, 1.807) is 18.2 Å². The Hall–Kier alpha value is -3.23. The third-order valence-corrected chi connectivity index (χ3v) is 6.05. The highest BCUT2D eigenvalue weighted by Crippen LogP contribution is 2.32. The van der Waals surface area contributed by atoms with Crippen molar-refractivity contribution in [3.8, 4) is 5.75 Å². The summed E-state index contributed by atoms with van der Waals surface area (Å²) in [6.07, 6.45) is -0.687. The van der Waals surface area contributed by atoms with Crippen LogP contribution in [0.5, 0.6) is 5.75 Å². The van der Waals surface area contributed by atoms with E-state index < -0.39 is 6.10 Å². The number of rotatable bonds is 4. The number of aryl methyl sites for hydroxylation is 1. The van der Waals surface area contributed by atoms with Crippen molar-refractivity contribution in [3.05, 3.63) is 59.5 Å². The molecule has 0 spiro atoms. The zero-order chi connectivity index (χ0) is 22.2. The highest BCUT2D eigenvalue weighted by atomic mass is 19.1. The Balaban J connectivity index is 1.25. The lowest BCUT2D eigenvalue weighted by molar-refractivity contribution is -0.118. The van der Waals surface area contributed by atoms with Crippen molar-refractivity contribution in [3.63, 3.8) is 0 Å². The number of carbonyl (C=O) groups is 1. The largest absolute Gasteiger partial charge is 0.482 e. The molecular weight excluding hydrogens is 411 g/mol. The number of hydrogen-bond donors (Lipinski definition) is 2. The summed E-state index contributed by atoms with van der Waals surface area (Å²) in [4.78, 5) is 20.4. The number of aromatic nitrogens is 1. The first-order valence-electron chi connectivity index (χ1n) is 10.7. The number of carbonyl (C=O) groups excluding carboxylic acids is 1. The number of ether oxygens (including phenoxy) is 1. The van der Waals surface area contributed by atoms with E-state index in [9.17, 15) is 14.3 Å². The van der Waals surface area contributed by atoms with Crippen LogP contribution in [0.4, 0.5) is 15.8 Å². The number of fused-ring (bicyclic) bond motifs is 2. The van der Waals surface area contributed by atoms with Gasteiger partial charge >= 0.3 is 0 Å². The normalized spacial score (nSPS) is 17.6. The molecule has 3 aromatic rings. The third kappa shape index (κ3) is 4.11. The number of β-amino-alcohol motifs (C(OH)–C–C–N with tert-alkyl or cyclic N) is 1. The lowest BCUT2D eigenvalue weighted by Crippen LogP contribution is -2.47. The summed E-state index contributed by atoms with van der Waals surface area (Å²) < 4.78 is 19.6. The van der Waals surface area contributed by atoms with Crippen molar-refractivity contribution in [2.75, 3.05) is 49.5 Å². The van der Waals surface area contributed by atoms with Crippen molar-refractivity contribution in [2.45, 2.75) is 13.0 Å². The highest BCUT2D eigenvalue weighted by molar-refractivity contribution is 5.95. The van der Waals surface area contributed by atoms with Crippen molar-refractivity contribution in [1.82, 2.24) is 9.88 Å². The van der Waals surface area contributed by atoms with Gasteiger partial charge in [0.15, 0.2) is 6.61 Å². The summed E-state index contributed by atoms with van der Waals surface area (Å²) >= 11 is 0. The third-order valence-electron chi connectivity index (χ3n) is 6.05. The Kier molecular flexibility index (Phi) is 5.40. The summed E-state index contributed by atoms with van der Waals surface area (Å²) in [6.45, 7) is 5.35. The Labute approximate surface area is 185 Å². The maximum Gasteiger partial charge on any atom is 0.262 e. The van der Waals surface area contributed by atoms with Crippen LogP contribution in [0.1, 0.15) is 17.4 Å². The second-order valence-electron chi connectivity index (χ2n) is 8.34. The van der Waals surface area contributed by atoms with E-state index in [4.69, 9.17) is 4.74 Å². The molecule has 8 heteroatoms. The van der Waals surface area contributed by atoms with Crippen LogP contribution in [0.2, 0.25) is 0 Å². The lowest BCUT2D eigenvalue weighted by atomic mass is 10.1. The van der Waals surface area contributed by atoms with Gasteiger partial charge in [-0.15, -0.1) is 0 Å². The number of hydrogen-bond acceptors (Lipinski definition) is 6. The molecule has 2 aromatic carbocycles. The fraction of sp³-hybridized carbons (Fsp3) is 0.333. The monoisotopic (exact) mass is 436 g/mol. The average molecular weight is 436 g/mol. The summed E-state index contributed by atoms with van der Waals surface area (Å²) in [5.74, 6) is 0.128. The number of piperazine rings is 1. The summed E-state index contributed by atoms with van der Waals surface area (Å²) in [5.41, 5.74) is 3.71. The van der Waals surface area contributed by atoms with Gasteiger partial charge in [-0.05, 0) is 42.8 Å². The number of benzene rings is 2. The van der Waals surface area contributed by atoms with Gasteiger partial charge in [-0.1, -0.05) is 6.07 Å². The molecule has 1 atom stereocenters. The molecule has 1 amide bonds. The molecule has 0 aliphatic carbocycles. The molecule has 166 valence electrons. The predicted octanol–water partition coefficient (Wildman–Crippen LogP) is 2.87. The van der Waals surface area contributed by atoms with Crippen LogP contribution in [-0.4, -0.2) is 60.2 Å². The number of aliphatic hydroxyl groups is 1. The van der Waals surface area contributed by atoms with Crippen molar-refractivity contribution >= 4 is 28.2 Å². The van der Waals surface area contributed by atoms with E-state index in [1.807, 2.05) is 25.1 Å². The second-order valence-corrected chi connectivity index (χ2v) is 8.34. The molecule has 0 saturated carbocycles. The van der Waals surface area contributed by atoms with Gasteiger partial charge in [-0.25, -0.2) is 4.39 Å². The van der Waals surface area contributed by atoms with Crippen LogP contribution in [0, 0.1) is 12.7 Å². The van der Waals surface area contributed by atoms with Gasteiger partial charge in [0, 0.05) is 55.6 Å². The number of nitrogens with zero attached hydrogens (tertiary/aromatic N) is 3. The Morgan fingerprint density at radius 2 is 1.97 bits per heavy atom. The van der Waals surface area contributed by atoms with Gasteiger partial charge < -0.3 is 20.1 Å². The Morgan fingerprint density at radius 3 is 2.78 bits per heavy atom. The number of nitrogens with one attached hydrogen (secondary N) is 1. The predicted molar refractivity (Wildman–Crippen MR) is 121 cm³/mol. The van der Waals surface area contributed by atoms with Crippen molar-refractivity contribution in [1.29, 1.82) is 0 Å². The Morgan fingerprint density at radius 1 is 1.16 bits per heavy atom. The molecule has 1 aromatic heterocycles. The first-order valence-corrected chi connectivity index (χ1v) is 10.7. The fourth-order valence-electron chi connectivity index (χ4n) is 4.38. The molecule has 3 heterocycles. The lowest BCUT2D eigenvalue weighted by Gasteiger charge is -2.37. The molecule has 0 bridgehead atoms. The summed E-state index contributed by atoms with van der Waals surface area (Å²) in [5, 5.41) is 14.5. The molecule has 2 aliphatic heterocycles. The molecule has 7 nitrogen and oxygen atoms in total. The minimum atomic E-state index is -0.687. The second kappa shape index (κ2) is 8.37. The average Bonchev–Trinajstić information content (AvgIpc) is 2.78.